The van der Waals surface area contributed by atoms with Crippen LogP contribution < -0.4 is 0 Å². The van der Waals surface area contributed by atoms with Gasteiger partial charge in [0.1, 0.15) is 16.5 Å². The molecule has 0 spiro atoms. The van der Waals surface area contributed by atoms with Crippen LogP contribution in [0.15, 0.2) is 11.2 Å². The second-order valence-corrected chi connectivity index (χ2v) is 5.77. The van der Waals surface area contributed by atoms with Crippen molar-refractivity contribution in [3.05, 3.63) is 12.0 Å². The Hall–Kier alpha value is -1.30. The number of thioether (sulfide) groups is 1. The third-order valence-electron chi connectivity index (χ3n) is 1.70. The Labute approximate surface area is 105 Å². The largest absolute Gasteiger partial charge is 0.443 e. The molecule has 0 fully saturated rings. The Morgan fingerprint density at radius 1 is 1.41 bits per heavy atom. The molecule has 17 heavy (non-hydrogen) atoms. The maximum absolute atomic E-state index is 11.8. The highest BCUT2D eigenvalue weighted by Crippen LogP contribution is 2.19. The molecule has 6 heteroatoms. The Morgan fingerprint density at radius 2 is 2.00 bits per heavy atom. The molecule has 0 unspecified atom stereocenters. The van der Waals surface area contributed by atoms with Crippen LogP contribution in [0.1, 0.15) is 33.5 Å². The normalized spacial score (nSPS) is 11.4. The van der Waals surface area contributed by atoms with Gasteiger partial charge in [-0.05, 0) is 39.5 Å². The van der Waals surface area contributed by atoms with Crippen LogP contribution in [0.5, 0.6) is 0 Å². The summed E-state index contributed by atoms with van der Waals surface area (Å²) >= 11 is 0.990. The van der Waals surface area contributed by atoms with E-state index in [0.717, 1.165) is 11.8 Å². The second kappa shape index (κ2) is 4.91. The molecule has 5 nitrogen and oxygen atoms in total. The van der Waals surface area contributed by atoms with Gasteiger partial charge in [-0.1, -0.05) is 0 Å². The Balaban J connectivity index is 2.88. The van der Waals surface area contributed by atoms with E-state index in [0.29, 0.717) is 10.9 Å². The van der Waals surface area contributed by atoms with E-state index in [1.165, 1.54) is 17.7 Å². The average Bonchev–Trinajstić information content (AvgIpc) is 2.42. The predicted octanol–water partition coefficient (Wildman–Crippen LogP) is 2.61. The number of ether oxygens (including phenoxy) is 1. The third-order valence-corrected chi connectivity index (χ3v) is 2.39. The minimum absolute atomic E-state index is 0.0705. The molecule has 0 amide bonds. The number of aromatic nitrogens is 2. The van der Waals surface area contributed by atoms with Crippen LogP contribution in [0.3, 0.4) is 0 Å². The highest BCUT2D eigenvalue weighted by Gasteiger charge is 2.20. The number of hydrogen-bond acceptors (Lipinski definition) is 5. The van der Waals surface area contributed by atoms with Crippen molar-refractivity contribution in [3.8, 4) is 0 Å². The summed E-state index contributed by atoms with van der Waals surface area (Å²) in [5.74, 6) is 0.503. The quantitative estimate of drug-likeness (QED) is 0.723. The first-order valence-electron chi connectivity index (χ1n) is 5.17. The summed E-state index contributed by atoms with van der Waals surface area (Å²) in [6.07, 6.45) is 1.02. The molecule has 1 aromatic heterocycles. The zero-order chi connectivity index (χ0) is 13.2. The zero-order valence-electron chi connectivity index (χ0n) is 10.6. The maximum atomic E-state index is 11.8. The van der Waals surface area contributed by atoms with Gasteiger partial charge in [-0.3, -0.25) is 4.79 Å². The summed E-state index contributed by atoms with van der Waals surface area (Å²) in [7, 11) is 0. The summed E-state index contributed by atoms with van der Waals surface area (Å²) in [5.41, 5.74) is -0.554. The van der Waals surface area contributed by atoms with Crippen LogP contribution in [0.4, 0.5) is 4.79 Å². The number of hydrogen-bond donors (Lipinski definition) is 0. The molecule has 0 atom stereocenters. The van der Waals surface area contributed by atoms with Gasteiger partial charge in [0.15, 0.2) is 5.12 Å². The van der Waals surface area contributed by atoms with E-state index < -0.39 is 11.7 Å². The zero-order valence-corrected chi connectivity index (χ0v) is 11.4. The van der Waals surface area contributed by atoms with Gasteiger partial charge in [0.25, 0.3) is 0 Å². The van der Waals surface area contributed by atoms with Crippen molar-refractivity contribution in [1.82, 2.24) is 9.55 Å². The second-order valence-electron chi connectivity index (χ2n) is 4.57. The molecule has 0 saturated heterocycles. The fraction of sp³-hybridized carbons (Fsp3) is 0.545. The number of rotatable bonds is 1. The molecule has 94 valence electrons. The monoisotopic (exact) mass is 256 g/mol. The number of nitrogens with zero attached hydrogens (tertiary/aromatic N) is 2. The van der Waals surface area contributed by atoms with Crippen LogP contribution >= 0.6 is 11.8 Å². The van der Waals surface area contributed by atoms with E-state index in [1.54, 1.807) is 27.7 Å². The number of carbonyl (C=O) groups excluding carboxylic acids is 2. The summed E-state index contributed by atoms with van der Waals surface area (Å²) in [5, 5.41) is 0.430. The molecule has 0 aliphatic heterocycles. The molecular weight excluding hydrogens is 240 g/mol. The van der Waals surface area contributed by atoms with Crippen molar-refractivity contribution in [2.75, 3.05) is 0 Å². The Bertz CT molecular complexity index is 446. The van der Waals surface area contributed by atoms with Gasteiger partial charge in [-0.25, -0.2) is 14.3 Å². The Kier molecular flexibility index (Phi) is 3.98. The predicted molar refractivity (Wildman–Crippen MR) is 65.1 cm³/mol. The molecular formula is C11H16N2O3S. The highest BCUT2D eigenvalue weighted by molar-refractivity contribution is 8.13. The van der Waals surface area contributed by atoms with E-state index in [4.69, 9.17) is 4.74 Å². The van der Waals surface area contributed by atoms with Crippen LogP contribution in [-0.2, 0) is 9.53 Å². The molecule has 0 aliphatic rings. The first-order valence-corrected chi connectivity index (χ1v) is 5.98. The maximum Gasteiger partial charge on any atom is 0.420 e. The van der Waals surface area contributed by atoms with E-state index in [2.05, 4.69) is 4.98 Å². The SMILES string of the molecule is CC(=O)Sc1cn(C(=O)OC(C)(C)C)c(C)n1. The van der Waals surface area contributed by atoms with E-state index in [9.17, 15) is 9.59 Å². The first kappa shape index (κ1) is 13.8. The lowest BCUT2D eigenvalue weighted by atomic mass is 10.2. The summed E-state index contributed by atoms with van der Waals surface area (Å²) in [6.45, 7) is 8.52. The van der Waals surface area contributed by atoms with Gasteiger partial charge in [0, 0.05) is 13.1 Å². The molecule has 0 radical (unpaired) electrons. The fourth-order valence-corrected chi connectivity index (χ4v) is 1.77. The van der Waals surface area contributed by atoms with Crippen molar-refractivity contribution in [2.45, 2.75) is 45.2 Å². The van der Waals surface area contributed by atoms with Crippen molar-refractivity contribution >= 4 is 23.0 Å². The summed E-state index contributed by atoms with van der Waals surface area (Å²) < 4.78 is 6.51. The standard InChI is InChI=1S/C11H16N2O3S/c1-7-12-9(17-8(2)14)6-13(7)10(15)16-11(3,4)5/h6H,1-5H3. The van der Waals surface area contributed by atoms with Gasteiger partial charge in [0.2, 0.25) is 0 Å². The lowest BCUT2D eigenvalue weighted by molar-refractivity contribution is -0.109. The lowest BCUT2D eigenvalue weighted by Gasteiger charge is -2.19. The smallest absolute Gasteiger partial charge is 0.420 e. The van der Waals surface area contributed by atoms with Gasteiger partial charge < -0.3 is 4.74 Å². The van der Waals surface area contributed by atoms with E-state index >= 15 is 0 Å². The number of aryl methyl sites for hydroxylation is 1. The van der Waals surface area contributed by atoms with Crippen LogP contribution in [0.2, 0.25) is 0 Å². The van der Waals surface area contributed by atoms with Gasteiger partial charge in [-0.2, -0.15) is 0 Å². The van der Waals surface area contributed by atoms with Gasteiger partial charge >= 0.3 is 6.09 Å². The molecule has 0 bridgehead atoms. The molecule has 1 aromatic rings. The van der Waals surface area contributed by atoms with Crippen LogP contribution in [-0.4, -0.2) is 26.4 Å². The van der Waals surface area contributed by atoms with E-state index in [-0.39, 0.29) is 5.12 Å². The van der Waals surface area contributed by atoms with Crippen LogP contribution in [0, 0.1) is 6.92 Å². The number of imidazole rings is 1. The molecule has 0 aliphatic carbocycles. The first-order chi connectivity index (χ1) is 7.69. The van der Waals surface area contributed by atoms with Gasteiger partial charge in [-0.15, -0.1) is 0 Å². The molecule has 0 aromatic carbocycles. The fourth-order valence-electron chi connectivity index (χ4n) is 1.14. The van der Waals surface area contributed by atoms with Crippen molar-refractivity contribution < 1.29 is 14.3 Å². The average molecular weight is 256 g/mol. The molecule has 1 rings (SSSR count). The minimum Gasteiger partial charge on any atom is -0.443 e. The molecule has 0 saturated carbocycles. The minimum atomic E-state index is -0.554. The highest BCUT2D eigenvalue weighted by atomic mass is 32.2. The van der Waals surface area contributed by atoms with E-state index in [1.807, 2.05) is 0 Å². The Morgan fingerprint density at radius 3 is 2.47 bits per heavy atom. The third kappa shape index (κ3) is 4.22. The van der Waals surface area contributed by atoms with Crippen molar-refractivity contribution in [2.24, 2.45) is 0 Å². The summed E-state index contributed by atoms with van der Waals surface area (Å²) in [4.78, 5) is 26.8. The summed E-state index contributed by atoms with van der Waals surface area (Å²) in [6, 6.07) is 0. The van der Waals surface area contributed by atoms with Gasteiger partial charge in [0.05, 0.1) is 0 Å². The molecule has 1 heterocycles. The topological polar surface area (TPSA) is 61.2 Å². The molecule has 0 N–H and O–H groups in total. The lowest BCUT2D eigenvalue weighted by Crippen LogP contribution is -2.27. The van der Waals surface area contributed by atoms with Crippen molar-refractivity contribution in [3.63, 3.8) is 0 Å². The number of carbonyl (C=O) groups is 2. The van der Waals surface area contributed by atoms with Crippen LogP contribution in [0.25, 0.3) is 0 Å². The van der Waals surface area contributed by atoms with Crippen molar-refractivity contribution in [1.29, 1.82) is 0 Å².